The number of aliphatic hydroxyl groups excluding tert-OH is 1. The maximum Gasteiger partial charge on any atom is 0.0745 e. The van der Waals surface area contributed by atoms with Gasteiger partial charge in [0.05, 0.1) is 12.6 Å². The van der Waals surface area contributed by atoms with E-state index in [1.54, 1.807) is 11.8 Å². The van der Waals surface area contributed by atoms with Crippen LogP contribution in [0.2, 0.25) is 0 Å². The highest BCUT2D eigenvalue weighted by molar-refractivity contribution is 7.98. The third kappa shape index (κ3) is 3.52. The van der Waals surface area contributed by atoms with Gasteiger partial charge in [0, 0.05) is 10.6 Å². The van der Waals surface area contributed by atoms with Crippen molar-refractivity contribution in [1.29, 1.82) is 0 Å². The Labute approximate surface area is 118 Å². The van der Waals surface area contributed by atoms with Crippen LogP contribution in [-0.4, -0.2) is 18.0 Å². The minimum atomic E-state index is -0.0722. The van der Waals surface area contributed by atoms with E-state index in [1.165, 1.54) is 10.5 Å². The summed E-state index contributed by atoms with van der Waals surface area (Å²) in [6, 6.07) is 16.3. The van der Waals surface area contributed by atoms with Crippen LogP contribution in [0.25, 0.3) is 0 Å². The number of rotatable bonds is 5. The lowest BCUT2D eigenvalue weighted by Crippen LogP contribution is -2.15. The zero-order valence-electron chi connectivity index (χ0n) is 11.3. The summed E-state index contributed by atoms with van der Waals surface area (Å²) in [4.78, 5) is 1.23. The molecule has 0 aliphatic carbocycles. The zero-order valence-corrected chi connectivity index (χ0v) is 12.1. The number of thioether (sulfide) groups is 1. The van der Waals surface area contributed by atoms with E-state index in [9.17, 15) is 5.11 Å². The Hall–Kier alpha value is -1.45. The monoisotopic (exact) mass is 273 g/mol. The second-order valence-corrected chi connectivity index (χ2v) is 5.35. The van der Waals surface area contributed by atoms with Gasteiger partial charge in [-0.3, -0.25) is 0 Å². The van der Waals surface area contributed by atoms with E-state index < -0.39 is 0 Å². The number of benzene rings is 2. The Bertz CT molecular complexity index is 525. The molecule has 0 fully saturated rings. The summed E-state index contributed by atoms with van der Waals surface area (Å²) in [6.07, 6.45) is 2.06. The first-order valence-electron chi connectivity index (χ1n) is 6.31. The minimum absolute atomic E-state index is 0.0722. The maximum absolute atomic E-state index is 9.59. The van der Waals surface area contributed by atoms with Gasteiger partial charge in [0.15, 0.2) is 0 Å². The molecule has 0 saturated heterocycles. The highest BCUT2D eigenvalue weighted by atomic mass is 32.2. The van der Waals surface area contributed by atoms with Crippen LogP contribution in [0.3, 0.4) is 0 Å². The molecular formula is C16H19NOS. The Morgan fingerprint density at radius 2 is 1.79 bits per heavy atom. The summed E-state index contributed by atoms with van der Waals surface area (Å²) in [7, 11) is 0. The van der Waals surface area contributed by atoms with Crippen LogP contribution in [0, 0.1) is 6.92 Å². The number of nitrogens with one attached hydrogen (secondary N) is 1. The Morgan fingerprint density at radius 3 is 2.37 bits per heavy atom. The van der Waals surface area contributed by atoms with Crippen molar-refractivity contribution in [2.75, 3.05) is 18.2 Å². The molecule has 0 spiro atoms. The molecule has 2 nitrogen and oxygen atoms in total. The highest BCUT2D eigenvalue weighted by Crippen LogP contribution is 2.24. The molecule has 0 bridgehead atoms. The molecule has 0 aliphatic rings. The van der Waals surface area contributed by atoms with Gasteiger partial charge in [-0.2, -0.15) is 0 Å². The van der Waals surface area contributed by atoms with Crippen molar-refractivity contribution in [2.24, 2.45) is 0 Å². The third-order valence-corrected chi connectivity index (χ3v) is 3.92. The van der Waals surface area contributed by atoms with E-state index in [0.717, 1.165) is 11.3 Å². The van der Waals surface area contributed by atoms with E-state index in [2.05, 4.69) is 48.8 Å². The van der Waals surface area contributed by atoms with Gasteiger partial charge in [-0.25, -0.2) is 0 Å². The standard InChI is InChI=1S/C16H19NOS/c1-12-5-3-4-6-15(12)17-16(11-18)13-7-9-14(19-2)10-8-13/h3-10,16-18H,11H2,1-2H3. The molecule has 1 unspecified atom stereocenters. The fourth-order valence-corrected chi connectivity index (χ4v) is 2.40. The Morgan fingerprint density at radius 1 is 1.11 bits per heavy atom. The predicted octanol–water partition coefficient (Wildman–Crippen LogP) is 3.86. The van der Waals surface area contributed by atoms with Crippen LogP contribution >= 0.6 is 11.8 Å². The molecule has 0 heterocycles. The summed E-state index contributed by atoms with van der Waals surface area (Å²) < 4.78 is 0. The molecule has 2 rings (SSSR count). The number of aryl methyl sites for hydroxylation is 1. The SMILES string of the molecule is CSc1ccc(C(CO)Nc2ccccc2C)cc1. The molecule has 0 radical (unpaired) electrons. The van der Waals surface area contributed by atoms with E-state index in [-0.39, 0.29) is 12.6 Å². The van der Waals surface area contributed by atoms with Crippen LogP contribution in [-0.2, 0) is 0 Å². The summed E-state index contributed by atoms with van der Waals surface area (Å²) in [5, 5.41) is 13.0. The van der Waals surface area contributed by atoms with Crippen LogP contribution in [0.1, 0.15) is 17.2 Å². The van der Waals surface area contributed by atoms with E-state index in [0.29, 0.717) is 0 Å². The number of hydrogen-bond acceptors (Lipinski definition) is 3. The first-order valence-corrected chi connectivity index (χ1v) is 7.54. The quantitative estimate of drug-likeness (QED) is 0.811. The minimum Gasteiger partial charge on any atom is -0.394 e. The molecule has 19 heavy (non-hydrogen) atoms. The molecule has 2 aromatic rings. The van der Waals surface area contributed by atoms with E-state index >= 15 is 0 Å². The van der Waals surface area contributed by atoms with Crippen molar-refractivity contribution in [3.8, 4) is 0 Å². The Balaban J connectivity index is 2.17. The second kappa shape index (κ2) is 6.64. The topological polar surface area (TPSA) is 32.3 Å². The average Bonchev–Trinajstić information content (AvgIpc) is 2.47. The van der Waals surface area contributed by atoms with Crippen molar-refractivity contribution in [2.45, 2.75) is 17.9 Å². The van der Waals surface area contributed by atoms with Gasteiger partial charge in [-0.1, -0.05) is 30.3 Å². The van der Waals surface area contributed by atoms with Crippen LogP contribution in [0.5, 0.6) is 0 Å². The average molecular weight is 273 g/mol. The van der Waals surface area contributed by atoms with Gasteiger partial charge in [0.1, 0.15) is 0 Å². The molecule has 2 N–H and O–H groups in total. The lowest BCUT2D eigenvalue weighted by Gasteiger charge is -2.19. The second-order valence-electron chi connectivity index (χ2n) is 4.47. The number of anilines is 1. The number of hydrogen-bond donors (Lipinski definition) is 2. The molecule has 0 aliphatic heterocycles. The van der Waals surface area contributed by atoms with E-state index in [4.69, 9.17) is 0 Å². The first kappa shape index (κ1) is 14.0. The number of aliphatic hydroxyl groups is 1. The molecule has 1 atom stereocenters. The van der Waals surface area contributed by atoms with Crippen LogP contribution in [0.15, 0.2) is 53.4 Å². The van der Waals surface area contributed by atoms with Crippen molar-refractivity contribution >= 4 is 17.4 Å². The lowest BCUT2D eigenvalue weighted by atomic mass is 10.1. The fraction of sp³-hybridized carbons (Fsp3) is 0.250. The van der Waals surface area contributed by atoms with Gasteiger partial charge < -0.3 is 10.4 Å². The normalized spacial score (nSPS) is 12.2. The molecule has 0 aromatic heterocycles. The van der Waals surface area contributed by atoms with Gasteiger partial charge in [-0.05, 0) is 42.5 Å². The van der Waals surface area contributed by atoms with Crippen molar-refractivity contribution in [3.05, 3.63) is 59.7 Å². The van der Waals surface area contributed by atoms with Crippen molar-refractivity contribution in [1.82, 2.24) is 0 Å². The van der Waals surface area contributed by atoms with Gasteiger partial charge in [-0.15, -0.1) is 11.8 Å². The number of para-hydroxylation sites is 1. The summed E-state index contributed by atoms with van der Waals surface area (Å²) >= 11 is 1.72. The largest absolute Gasteiger partial charge is 0.394 e. The molecule has 2 aromatic carbocycles. The molecular weight excluding hydrogens is 254 g/mol. The summed E-state index contributed by atoms with van der Waals surface area (Å²) in [5.41, 5.74) is 3.35. The predicted molar refractivity (Wildman–Crippen MR) is 82.9 cm³/mol. The first-order chi connectivity index (χ1) is 9.24. The summed E-state index contributed by atoms with van der Waals surface area (Å²) in [5.74, 6) is 0. The molecule has 0 saturated carbocycles. The van der Waals surface area contributed by atoms with E-state index in [1.807, 2.05) is 18.2 Å². The lowest BCUT2D eigenvalue weighted by molar-refractivity contribution is 0.276. The van der Waals surface area contributed by atoms with Gasteiger partial charge in [0.2, 0.25) is 0 Å². The van der Waals surface area contributed by atoms with Crippen molar-refractivity contribution in [3.63, 3.8) is 0 Å². The Kier molecular flexibility index (Phi) is 4.88. The zero-order chi connectivity index (χ0) is 13.7. The third-order valence-electron chi connectivity index (χ3n) is 3.18. The maximum atomic E-state index is 9.59. The van der Waals surface area contributed by atoms with Crippen molar-refractivity contribution < 1.29 is 5.11 Å². The fourth-order valence-electron chi connectivity index (χ4n) is 1.99. The molecule has 3 heteroatoms. The molecule has 0 amide bonds. The summed E-state index contributed by atoms with van der Waals surface area (Å²) in [6.45, 7) is 2.14. The smallest absolute Gasteiger partial charge is 0.0745 e. The van der Waals surface area contributed by atoms with Gasteiger partial charge in [0.25, 0.3) is 0 Å². The highest BCUT2D eigenvalue weighted by Gasteiger charge is 2.10. The van der Waals surface area contributed by atoms with Crippen LogP contribution < -0.4 is 5.32 Å². The van der Waals surface area contributed by atoms with Crippen LogP contribution in [0.4, 0.5) is 5.69 Å². The van der Waals surface area contributed by atoms with Gasteiger partial charge >= 0.3 is 0 Å². The molecule has 100 valence electrons.